The molecule has 1 aliphatic carbocycles. The zero-order valence-corrected chi connectivity index (χ0v) is 17.5. The van der Waals surface area contributed by atoms with Gasteiger partial charge in [0.15, 0.2) is 0 Å². The van der Waals surface area contributed by atoms with E-state index in [9.17, 15) is 9.59 Å². The Morgan fingerprint density at radius 3 is 2.28 bits per heavy atom. The van der Waals surface area contributed by atoms with Crippen LogP contribution in [0.2, 0.25) is 0 Å². The van der Waals surface area contributed by atoms with Gasteiger partial charge in [-0.25, -0.2) is 9.59 Å². The number of carbonyl (C=O) groups is 2. The number of anilines is 1. The van der Waals surface area contributed by atoms with Crippen LogP contribution < -0.4 is 11.1 Å². The molecule has 0 heterocycles. The Kier molecular flexibility index (Phi) is 6.22. The van der Waals surface area contributed by atoms with E-state index in [1.165, 1.54) is 28.3 Å². The monoisotopic (exact) mass is 428 g/mol. The second-order valence-corrected chi connectivity index (χ2v) is 7.56. The van der Waals surface area contributed by atoms with Gasteiger partial charge in [0.05, 0.1) is 11.3 Å². The van der Waals surface area contributed by atoms with Gasteiger partial charge in [-0.1, -0.05) is 72.8 Å². The third kappa shape index (κ3) is 4.34. The fourth-order valence-electron chi connectivity index (χ4n) is 4.03. The predicted octanol–water partition coefficient (Wildman–Crippen LogP) is 4.91. The lowest BCUT2D eigenvalue weighted by molar-refractivity contribution is 0.0698. The van der Waals surface area contributed by atoms with E-state index in [2.05, 4.69) is 29.6 Å². The minimum absolute atomic E-state index is 0.0255. The minimum Gasteiger partial charge on any atom is -0.478 e. The van der Waals surface area contributed by atoms with E-state index in [-0.39, 0.29) is 23.8 Å². The van der Waals surface area contributed by atoms with E-state index in [1.807, 2.05) is 30.3 Å². The summed E-state index contributed by atoms with van der Waals surface area (Å²) in [6.45, 7) is 0.667. The number of hydrogen-bond donors (Lipinski definition) is 3. The second kappa shape index (κ2) is 9.39. The third-order valence-corrected chi connectivity index (χ3v) is 5.59. The van der Waals surface area contributed by atoms with E-state index in [0.717, 1.165) is 0 Å². The van der Waals surface area contributed by atoms with Gasteiger partial charge in [0.2, 0.25) is 0 Å². The van der Waals surface area contributed by atoms with Crippen molar-refractivity contribution in [1.29, 1.82) is 0 Å². The smallest absolute Gasteiger partial charge is 0.407 e. The van der Waals surface area contributed by atoms with Crippen molar-refractivity contribution in [2.24, 2.45) is 0 Å². The van der Waals surface area contributed by atoms with E-state index < -0.39 is 12.1 Å². The maximum absolute atomic E-state index is 12.2. The van der Waals surface area contributed by atoms with Crippen LogP contribution in [0, 0.1) is 0 Å². The van der Waals surface area contributed by atoms with Crippen molar-refractivity contribution in [2.75, 3.05) is 18.9 Å². The molecule has 0 aromatic heterocycles. The number of carboxylic acid groups (broad SMARTS) is 1. The summed E-state index contributed by atoms with van der Waals surface area (Å²) in [7, 11) is 0. The molecule has 4 rings (SSSR count). The molecule has 0 radical (unpaired) electrons. The topological polar surface area (TPSA) is 102 Å². The molecule has 3 aromatic rings. The summed E-state index contributed by atoms with van der Waals surface area (Å²) in [4.78, 5) is 23.3. The van der Waals surface area contributed by atoms with Gasteiger partial charge in [-0.2, -0.15) is 0 Å². The van der Waals surface area contributed by atoms with Crippen LogP contribution in [0.1, 0.15) is 39.4 Å². The Bertz CT molecular complexity index is 1140. The second-order valence-electron chi connectivity index (χ2n) is 7.56. The van der Waals surface area contributed by atoms with Crippen molar-refractivity contribution in [3.63, 3.8) is 0 Å². The predicted molar refractivity (Wildman–Crippen MR) is 125 cm³/mol. The van der Waals surface area contributed by atoms with Crippen molar-refractivity contribution < 1.29 is 19.4 Å². The molecule has 0 bridgehead atoms. The van der Waals surface area contributed by atoms with Gasteiger partial charge >= 0.3 is 12.1 Å². The molecule has 0 fully saturated rings. The standard InChI is InChI=1S/C26H24N2O4/c27-24-17(9-7-14-22(24)25(29)30)8-5-6-15-28-26(31)32-16-23-20-12-3-1-10-18(20)19-11-2-4-13-21(19)23/h1-5,7-14,23H,6,15-16,27H2,(H,28,31)(H,29,30). The highest BCUT2D eigenvalue weighted by Crippen LogP contribution is 2.44. The maximum atomic E-state index is 12.2. The van der Waals surface area contributed by atoms with Crippen LogP contribution in [0.15, 0.2) is 72.8 Å². The number of ether oxygens (including phenoxy) is 1. The van der Waals surface area contributed by atoms with E-state index in [0.29, 0.717) is 18.5 Å². The lowest BCUT2D eigenvalue weighted by Gasteiger charge is -2.14. The number of alkyl carbamates (subject to hydrolysis) is 1. The maximum Gasteiger partial charge on any atom is 0.407 e. The first kappa shape index (κ1) is 21.2. The lowest BCUT2D eigenvalue weighted by atomic mass is 9.98. The molecule has 162 valence electrons. The molecule has 32 heavy (non-hydrogen) atoms. The number of para-hydroxylation sites is 1. The number of benzene rings is 3. The highest BCUT2D eigenvalue weighted by molar-refractivity contribution is 5.95. The normalized spacial score (nSPS) is 12.4. The fraction of sp³-hybridized carbons (Fsp3) is 0.154. The van der Waals surface area contributed by atoms with Crippen molar-refractivity contribution in [3.05, 3.63) is 95.1 Å². The zero-order chi connectivity index (χ0) is 22.5. The van der Waals surface area contributed by atoms with Gasteiger partial charge in [-0.05, 0) is 40.3 Å². The van der Waals surface area contributed by atoms with Gasteiger partial charge in [0.25, 0.3) is 0 Å². The van der Waals surface area contributed by atoms with Crippen LogP contribution in [0.3, 0.4) is 0 Å². The summed E-state index contributed by atoms with van der Waals surface area (Å²) in [6.07, 6.45) is 3.68. The Balaban J connectivity index is 1.28. The number of nitrogens with two attached hydrogens (primary N) is 1. The van der Waals surface area contributed by atoms with Gasteiger partial charge in [0.1, 0.15) is 6.61 Å². The highest BCUT2D eigenvalue weighted by atomic mass is 16.5. The number of amides is 1. The molecule has 0 spiro atoms. The average molecular weight is 428 g/mol. The Morgan fingerprint density at radius 1 is 0.969 bits per heavy atom. The summed E-state index contributed by atoms with van der Waals surface area (Å²) in [5.74, 6) is -1.03. The average Bonchev–Trinajstić information content (AvgIpc) is 3.12. The Hall–Kier alpha value is -4.06. The summed E-state index contributed by atoms with van der Waals surface area (Å²) in [5, 5.41) is 11.9. The van der Waals surface area contributed by atoms with Crippen LogP contribution in [0.5, 0.6) is 0 Å². The van der Waals surface area contributed by atoms with Gasteiger partial charge < -0.3 is 20.9 Å². The molecule has 6 heteroatoms. The SMILES string of the molecule is Nc1c(C=CCCNC(=O)OCC2c3ccccc3-c3ccccc32)cccc1C(=O)O. The number of rotatable bonds is 7. The molecule has 3 aromatic carbocycles. The number of nitrogens with one attached hydrogen (secondary N) is 1. The van der Waals surface area contributed by atoms with Crippen molar-refractivity contribution >= 4 is 23.8 Å². The summed E-state index contributed by atoms with van der Waals surface area (Å²) in [6, 6.07) is 21.3. The van der Waals surface area contributed by atoms with E-state index in [1.54, 1.807) is 18.2 Å². The Morgan fingerprint density at radius 2 is 1.62 bits per heavy atom. The third-order valence-electron chi connectivity index (χ3n) is 5.59. The number of nitrogen functional groups attached to an aromatic ring is 1. The summed E-state index contributed by atoms with van der Waals surface area (Å²) < 4.78 is 5.51. The van der Waals surface area contributed by atoms with Gasteiger partial charge in [-0.15, -0.1) is 0 Å². The first-order chi connectivity index (χ1) is 15.6. The highest BCUT2D eigenvalue weighted by Gasteiger charge is 2.28. The fourth-order valence-corrected chi connectivity index (χ4v) is 4.03. The van der Waals surface area contributed by atoms with Crippen LogP contribution in [-0.2, 0) is 4.74 Å². The van der Waals surface area contributed by atoms with E-state index >= 15 is 0 Å². The number of aromatic carboxylic acids is 1. The van der Waals surface area contributed by atoms with Crippen molar-refractivity contribution in [3.8, 4) is 11.1 Å². The number of carbonyl (C=O) groups excluding carboxylic acids is 1. The first-order valence-corrected chi connectivity index (χ1v) is 10.4. The van der Waals surface area contributed by atoms with Gasteiger partial charge in [0, 0.05) is 12.5 Å². The molecule has 4 N–H and O–H groups in total. The molecule has 0 saturated carbocycles. The molecule has 0 saturated heterocycles. The van der Waals surface area contributed by atoms with Crippen molar-refractivity contribution in [2.45, 2.75) is 12.3 Å². The number of fused-ring (bicyclic) bond motifs is 3. The van der Waals surface area contributed by atoms with E-state index in [4.69, 9.17) is 15.6 Å². The molecule has 0 unspecified atom stereocenters. The molecule has 0 aliphatic heterocycles. The molecule has 6 nitrogen and oxygen atoms in total. The first-order valence-electron chi connectivity index (χ1n) is 10.4. The van der Waals surface area contributed by atoms with Crippen LogP contribution in [-0.4, -0.2) is 30.3 Å². The minimum atomic E-state index is -1.06. The van der Waals surface area contributed by atoms with Gasteiger partial charge in [-0.3, -0.25) is 0 Å². The summed E-state index contributed by atoms with van der Waals surface area (Å²) in [5.41, 5.74) is 11.5. The lowest BCUT2D eigenvalue weighted by Crippen LogP contribution is -2.26. The Labute approximate surface area is 186 Å². The molecule has 1 aliphatic rings. The van der Waals surface area contributed by atoms with Crippen LogP contribution in [0.25, 0.3) is 17.2 Å². The molecular weight excluding hydrogens is 404 g/mol. The van der Waals surface area contributed by atoms with Crippen molar-refractivity contribution in [1.82, 2.24) is 5.32 Å². The number of carboxylic acids is 1. The number of hydrogen-bond acceptors (Lipinski definition) is 4. The molecule has 0 atom stereocenters. The largest absolute Gasteiger partial charge is 0.478 e. The van der Waals surface area contributed by atoms with Crippen LogP contribution >= 0.6 is 0 Å². The molecule has 1 amide bonds. The van der Waals surface area contributed by atoms with Crippen LogP contribution in [0.4, 0.5) is 10.5 Å². The summed E-state index contributed by atoms with van der Waals surface area (Å²) >= 11 is 0. The zero-order valence-electron chi connectivity index (χ0n) is 17.5. The molecular formula is C26H24N2O4. The quantitative estimate of drug-likeness (QED) is 0.367.